The molecule has 0 N–H and O–H groups in total. The fourth-order valence-electron chi connectivity index (χ4n) is 5.73. The number of para-hydroxylation sites is 1. The lowest BCUT2D eigenvalue weighted by Crippen LogP contribution is -2.49. The number of fused-ring (bicyclic) bond motifs is 3. The Morgan fingerprint density at radius 1 is 0.974 bits per heavy atom. The molecule has 0 atom stereocenters. The number of carbonyl (C=O) groups excluding carboxylic acids is 2. The first-order valence-electron chi connectivity index (χ1n) is 13.8. The van der Waals surface area contributed by atoms with Gasteiger partial charge in [-0.05, 0) is 36.7 Å². The Morgan fingerprint density at radius 3 is 2.64 bits per heavy atom. The van der Waals surface area contributed by atoms with Crippen LogP contribution < -0.4 is 9.47 Å². The molecule has 0 radical (unpaired) electrons. The van der Waals surface area contributed by atoms with E-state index in [1.165, 1.54) is 0 Å². The van der Waals surface area contributed by atoms with Gasteiger partial charge in [-0.25, -0.2) is 4.79 Å². The summed E-state index contributed by atoms with van der Waals surface area (Å²) in [5.74, 6) is 0.954. The molecule has 3 aliphatic heterocycles. The third-order valence-electron chi connectivity index (χ3n) is 7.76. The van der Waals surface area contributed by atoms with E-state index in [9.17, 15) is 9.59 Å². The summed E-state index contributed by atoms with van der Waals surface area (Å²) >= 11 is 0. The van der Waals surface area contributed by atoms with Crippen LogP contribution in [0.4, 0.5) is 0 Å². The molecule has 2 aromatic carbocycles. The second-order valence-electron chi connectivity index (χ2n) is 10.4. The molecule has 1 saturated heterocycles. The standard InChI is InChI=1S/C30H34N4O5/c1-2-10-32-11-9-25-23(18-32)29(22-5-3-4-6-24(22)31-25)30(36)37-19-28(35)34-14-12-33(13-15-34)17-21-7-8-26-27(16-21)39-20-38-26/h3-8,16H,2,9-15,17-20H2,1H3. The van der Waals surface area contributed by atoms with Gasteiger partial charge in [-0.15, -0.1) is 0 Å². The Hall–Kier alpha value is -3.69. The lowest BCUT2D eigenvalue weighted by molar-refractivity contribution is -0.136. The van der Waals surface area contributed by atoms with Crippen molar-refractivity contribution in [1.29, 1.82) is 0 Å². The van der Waals surface area contributed by atoms with Crippen molar-refractivity contribution in [2.45, 2.75) is 32.9 Å². The molecule has 0 spiro atoms. The van der Waals surface area contributed by atoms with Gasteiger partial charge in [0.2, 0.25) is 6.79 Å². The highest BCUT2D eigenvalue weighted by molar-refractivity contribution is 6.05. The van der Waals surface area contributed by atoms with Crippen LogP contribution in [0.2, 0.25) is 0 Å². The summed E-state index contributed by atoms with van der Waals surface area (Å²) < 4.78 is 16.5. The maximum atomic E-state index is 13.5. The van der Waals surface area contributed by atoms with Crippen molar-refractivity contribution < 1.29 is 23.8 Å². The number of benzene rings is 2. The predicted molar refractivity (Wildman–Crippen MR) is 146 cm³/mol. The van der Waals surface area contributed by atoms with Gasteiger partial charge in [-0.3, -0.25) is 19.6 Å². The Kier molecular flexibility index (Phi) is 7.34. The lowest BCUT2D eigenvalue weighted by Gasteiger charge is -2.34. The highest BCUT2D eigenvalue weighted by Crippen LogP contribution is 2.33. The van der Waals surface area contributed by atoms with Crippen LogP contribution in [0.25, 0.3) is 10.9 Å². The van der Waals surface area contributed by atoms with Gasteiger partial charge in [0, 0.05) is 68.9 Å². The van der Waals surface area contributed by atoms with E-state index >= 15 is 0 Å². The summed E-state index contributed by atoms with van der Waals surface area (Å²) in [4.78, 5) is 37.7. The van der Waals surface area contributed by atoms with E-state index in [-0.39, 0.29) is 19.3 Å². The number of pyridine rings is 1. The van der Waals surface area contributed by atoms with Gasteiger partial charge >= 0.3 is 5.97 Å². The number of amides is 1. The quantitative estimate of drug-likeness (QED) is 0.431. The molecule has 1 amide bonds. The SMILES string of the molecule is CCCN1CCc2nc3ccccc3c(C(=O)OCC(=O)N3CCN(Cc4ccc5c(c4)OCO5)CC3)c2C1. The van der Waals surface area contributed by atoms with Crippen LogP contribution in [0.5, 0.6) is 11.5 Å². The maximum Gasteiger partial charge on any atom is 0.339 e. The van der Waals surface area contributed by atoms with Gasteiger partial charge in [0.05, 0.1) is 11.1 Å². The maximum absolute atomic E-state index is 13.5. The number of nitrogens with zero attached hydrogens (tertiary/aromatic N) is 4. The Bertz CT molecular complexity index is 1390. The van der Waals surface area contributed by atoms with Gasteiger partial charge in [0.1, 0.15) is 0 Å². The fraction of sp³-hybridized carbons (Fsp3) is 0.433. The Morgan fingerprint density at radius 2 is 1.79 bits per heavy atom. The summed E-state index contributed by atoms with van der Waals surface area (Å²) in [5, 5.41) is 0.782. The second-order valence-corrected chi connectivity index (χ2v) is 10.4. The minimum absolute atomic E-state index is 0.161. The summed E-state index contributed by atoms with van der Waals surface area (Å²) in [6.07, 6.45) is 1.85. The molecule has 0 bridgehead atoms. The average Bonchev–Trinajstić information content (AvgIpc) is 3.43. The number of rotatable bonds is 7. The van der Waals surface area contributed by atoms with E-state index in [0.29, 0.717) is 25.2 Å². The van der Waals surface area contributed by atoms with Crippen molar-refractivity contribution in [1.82, 2.24) is 19.7 Å². The van der Waals surface area contributed by atoms with E-state index in [0.717, 1.165) is 84.8 Å². The van der Waals surface area contributed by atoms with E-state index in [1.54, 1.807) is 4.90 Å². The van der Waals surface area contributed by atoms with E-state index in [4.69, 9.17) is 19.2 Å². The summed E-state index contributed by atoms with van der Waals surface area (Å²) in [6, 6.07) is 13.7. The molecule has 204 valence electrons. The number of carbonyl (C=O) groups is 2. The fourth-order valence-corrected chi connectivity index (χ4v) is 5.73. The largest absolute Gasteiger partial charge is 0.454 e. The van der Waals surface area contributed by atoms with Crippen LogP contribution in [0.1, 0.15) is 40.5 Å². The molecule has 0 aliphatic carbocycles. The highest BCUT2D eigenvalue weighted by atomic mass is 16.7. The van der Waals surface area contributed by atoms with E-state index in [1.807, 2.05) is 42.5 Å². The second kappa shape index (κ2) is 11.2. The lowest BCUT2D eigenvalue weighted by atomic mass is 9.95. The van der Waals surface area contributed by atoms with Crippen molar-refractivity contribution in [2.75, 3.05) is 52.7 Å². The first-order valence-corrected chi connectivity index (χ1v) is 13.8. The minimum Gasteiger partial charge on any atom is -0.454 e. The number of hydrogen-bond acceptors (Lipinski definition) is 8. The van der Waals surface area contributed by atoms with Crippen LogP contribution in [-0.4, -0.2) is 84.2 Å². The first-order chi connectivity index (χ1) is 19.1. The Balaban J connectivity index is 1.08. The molecule has 3 aromatic rings. The third-order valence-corrected chi connectivity index (χ3v) is 7.76. The molecule has 9 heteroatoms. The van der Waals surface area contributed by atoms with Crippen LogP contribution in [0.15, 0.2) is 42.5 Å². The number of esters is 1. The number of piperazine rings is 1. The van der Waals surface area contributed by atoms with Crippen LogP contribution >= 0.6 is 0 Å². The zero-order chi connectivity index (χ0) is 26.8. The van der Waals surface area contributed by atoms with Crippen molar-refractivity contribution >= 4 is 22.8 Å². The minimum atomic E-state index is -0.446. The van der Waals surface area contributed by atoms with Gasteiger partial charge in [-0.1, -0.05) is 31.2 Å². The van der Waals surface area contributed by atoms with Crippen LogP contribution in [0, 0.1) is 0 Å². The summed E-state index contributed by atoms with van der Waals surface area (Å²) in [7, 11) is 0. The molecule has 3 aliphatic rings. The average molecular weight is 531 g/mol. The molecule has 1 aromatic heterocycles. The predicted octanol–water partition coefficient (Wildman–Crippen LogP) is 3.23. The zero-order valence-electron chi connectivity index (χ0n) is 22.4. The summed E-state index contributed by atoms with van der Waals surface area (Å²) in [5.41, 5.74) is 4.38. The molecular weight excluding hydrogens is 496 g/mol. The van der Waals surface area contributed by atoms with Crippen molar-refractivity contribution in [3.63, 3.8) is 0 Å². The van der Waals surface area contributed by atoms with Gasteiger partial charge < -0.3 is 19.1 Å². The molecule has 1 fully saturated rings. The monoisotopic (exact) mass is 530 g/mol. The van der Waals surface area contributed by atoms with E-state index in [2.05, 4.69) is 16.7 Å². The molecule has 6 rings (SSSR count). The molecular formula is C30H34N4O5. The molecule has 39 heavy (non-hydrogen) atoms. The topological polar surface area (TPSA) is 84.4 Å². The molecule has 0 saturated carbocycles. The molecule has 9 nitrogen and oxygen atoms in total. The smallest absolute Gasteiger partial charge is 0.339 e. The van der Waals surface area contributed by atoms with Crippen molar-refractivity contribution in [3.8, 4) is 11.5 Å². The van der Waals surface area contributed by atoms with Crippen molar-refractivity contribution in [2.24, 2.45) is 0 Å². The normalized spacial score (nSPS) is 17.3. The number of ether oxygens (including phenoxy) is 3. The molecule has 0 unspecified atom stereocenters. The third kappa shape index (κ3) is 5.42. The molecule has 4 heterocycles. The zero-order valence-corrected chi connectivity index (χ0v) is 22.4. The highest BCUT2D eigenvalue weighted by Gasteiger charge is 2.28. The van der Waals surface area contributed by atoms with Crippen LogP contribution in [-0.2, 0) is 29.0 Å². The Labute approximate surface area is 228 Å². The number of aromatic nitrogens is 1. The van der Waals surface area contributed by atoms with Crippen molar-refractivity contribution in [3.05, 3.63) is 64.8 Å². The van der Waals surface area contributed by atoms with Gasteiger partial charge in [-0.2, -0.15) is 0 Å². The van der Waals surface area contributed by atoms with Gasteiger partial charge in [0.25, 0.3) is 5.91 Å². The van der Waals surface area contributed by atoms with Crippen LogP contribution in [0.3, 0.4) is 0 Å². The number of hydrogen-bond donors (Lipinski definition) is 0. The summed E-state index contributed by atoms with van der Waals surface area (Å²) in [6.45, 7) is 8.22. The van der Waals surface area contributed by atoms with Gasteiger partial charge in [0.15, 0.2) is 18.1 Å². The first kappa shape index (κ1) is 25.6. The van der Waals surface area contributed by atoms with E-state index < -0.39 is 5.97 Å².